The molecule has 1 N–H and O–H groups in total. The molecular weight excluding hydrogens is 453 g/mol. The Morgan fingerprint density at radius 2 is 1.77 bits per heavy atom. The van der Waals surface area contributed by atoms with Gasteiger partial charge in [-0.1, -0.05) is 29.3 Å². The molecule has 1 aliphatic heterocycles. The monoisotopic (exact) mass is 469 g/mol. The van der Waals surface area contributed by atoms with Crippen LogP contribution in [0.2, 0.25) is 10.0 Å². The highest BCUT2D eigenvalue weighted by Gasteiger charge is 2.29. The summed E-state index contributed by atoms with van der Waals surface area (Å²) in [6.07, 6.45) is 4.15. The van der Waals surface area contributed by atoms with Crippen molar-refractivity contribution in [1.82, 2.24) is 4.31 Å². The van der Waals surface area contributed by atoms with Crippen LogP contribution in [-0.2, 0) is 14.8 Å². The van der Waals surface area contributed by atoms with Crippen LogP contribution in [0, 0.1) is 10.1 Å². The summed E-state index contributed by atoms with van der Waals surface area (Å²) in [5.74, 6) is -0.542. The molecule has 1 amide bonds. The highest BCUT2D eigenvalue weighted by Crippen LogP contribution is 2.30. The zero-order valence-corrected chi connectivity index (χ0v) is 17.9. The summed E-state index contributed by atoms with van der Waals surface area (Å²) in [5, 5.41) is 13.6. The van der Waals surface area contributed by atoms with Gasteiger partial charge in [-0.05, 0) is 48.7 Å². The van der Waals surface area contributed by atoms with Crippen LogP contribution in [0.5, 0.6) is 0 Å². The van der Waals surface area contributed by atoms with Crippen LogP contribution < -0.4 is 5.32 Å². The number of halogens is 2. The number of carbonyl (C=O) groups excluding carboxylic acids is 1. The molecule has 0 unspecified atom stereocenters. The topological polar surface area (TPSA) is 110 Å². The molecule has 2 aromatic carbocycles. The van der Waals surface area contributed by atoms with Gasteiger partial charge in [0.2, 0.25) is 15.9 Å². The molecule has 0 aliphatic carbocycles. The van der Waals surface area contributed by atoms with Gasteiger partial charge in [0, 0.05) is 30.9 Å². The van der Waals surface area contributed by atoms with E-state index >= 15 is 0 Å². The molecule has 0 atom stereocenters. The van der Waals surface area contributed by atoms with Crippen LogP contribution in [0.1, 0.15) is 18.4 Å². The molecule has 0 spiro atoms. The SMILES string of the molecule is O=C(/C=C/c1ccc(Cl)c([N+](=O)[O-])c1)Nc1ccc(Cl)c(S(=O)(=O)N2CCCC2)c1. The molecule has 0 bridgehead atoms. The molecule has 2 aromatic rings. The Morgan fingerprint density at radius 3 is 2.43 bits per heavy atom. The van der Waals surface area contributed by atoms with Gasteiger partial charge in [0.15, 0.2) is 0 Å². The Morgan fingerprint density at radius 1 is 1.10 bits per heavy atom. The lowest BCUT2D eigenvalue weighted by Crippen LogP contribution is -2.28. The highest BCUT2D eigenvalue weighted by atomic mass is 35.5. The molecule has 1 fully saturated rings. The lowest BCUT2D eigenvalue weighted by molar-refractivity contribution is -0.384. The average Bonchev–Trinajstić information content (AvgIpc) is 3.24. The maximum absolute atomic E-state index is 12.8. The van der Waals surface area contributed by atoms with E-state index in [1.165, 1.54) is 52.9 Å². The van der Waals surface area contributed by atoms with Crippen molar-refractivity contribution in [3.05, 3.63) is 68.2 Å². The standard InChI is InChI=1S/C19H17Cl2N3O5S/c20-15-6-3-13(11-17(15)24(26)27)4-8-19(25)22-14-5-7-16(21)18(12-14)30(28,29)23-9-1-2-10-23/h3-8,11-12H,1-2,9-10H2,(H,22,25)/b8-4+. The van der Waals surface area contributed by atoms with E-state index in [2.05, 4.69) is 5.32 Å². The summed E-state index contributed by atoms with van der Waals surface area (Å²) >= 11 is 11.9. The quantitative estimate of drug-likeness (QED) is 0.384. The van der Waals surface area contributed by atoms with Gasteiger partial charge >= 0.3 is 0 Å². The molecule has 1 aliphatic rings. The summed E-state index contributed by atoms with van der Waals surface area (Å²) in [4.78, 5) is 22.5. The van der Waals surface area contributed by atoms with Crippen molar-refractivity contribution < 1.29 is 18.1 Å². The van der Waals surface area contributed by atoms with Crippen molar-refractivity contribution in [3.63, 3.8) is 0 Å². The fourth-order valence-electron chi connectivity index (χ4n) is 2.98. The molecular formula is C19H17Cl2N3O5S. The Hall–Kier alpha value is -2.46. The first-order valence-corrected chi connectivity index (χ1v) is 11.1. The smallest absolute Gasteiger partial charge is 0.288 e. The number of amides is 1. The lowest BCUT2D eigenvalue weighted by atomic mass is 10.2. The molecule has 3 rings (SSSR count). The molecule has 11 heteroatoms. The first-order valence-electron chi connectivity index (χ1n) is 8.91. The fraction of sp³-hybridized carbons (Fsp3) is 0.211. The number of nitro groups is 1. The average molecular weight is 470 g/mol. The van der Waals surface area contributed by atoms with E-state index < -0.39 is 20.9 Å². The number of carbonyl (C=O) groups is 1. The third kappa shape index (κ3) is 4.99. The van der Waals surface area contributed by atoms with Crippen molar-refractivity contribution in [2.75, 3.05) is 18.4 Å². The second kappa shape index (κ2) is 9.13. The van der Waals surface area contributed by atoms with Gasteiger partial charge in [-0.25, -0.2) is 8.42 Å². The van der Waals surface area contributed by atoms with E-state index in [1.807, 2.05) is 0 Å². The number of nitrogens with one attached hydrogen (secondary N) is 1. The van der Waals surface area contributed by atoms with Crippen LogP contribution in [0.4, 0.5) is 11.4 Å². The molecule has 0 saturated carbocycles. The predicted molar refractivity (Wildman–Crippen MR) is 115 cm³/mol. The van der Waals surface area contributed by atoms with Gasteiger partial charge in [0.25, 0.3) is 5.69 Å². The van der Waals surface area contributed by atoms with E-state index in [4.69, 9.17) is 23.2 Å². The van der Waals surface area contributed by atoms with Crippen molar-refractivity contribution in [2.24, 2.45) is 0 Å². The number of anilines is 1. The van der Waals surface area contributed by atoms with Crippen molar-refractivity contribution >= 4 is 56.6 Å². The number of rotatable bonds is 6. The molecule has 0 aromatic heterocycles. The fourth-order valence-corrected chi connectivity index (χ4v) is 5.18. The molecule has 158 valence electrons. The molecule has 8 nitrogen and oxygen atoms in total. The maximum Gasteiger partial charge on any atom is 0.288 e. The highest BCUT2D eigenvalue weighted by molar-refractivity contribution is 7.89. The third-order valence-electron chi connectivity index (χ3n) is 4.48. The summed E-state index contributed by atoms with van der Waals surface area (Å²) in [7, 11) is -3.74. The zero-order valence-electron chi connectivity index (χ0n) is 15.5. The van der Waals surface area contributed by atoms with Gasteiger partial charge in [-0.15, -0.1) is 0 Å². The number of hydrogen-bond donors (Lipinski definition) is 1. The van der Waals surface area contributed by atoms with Gasteiger partial charge in [-0.2, -0.15) is 4.31 Å². The van der Waals surface area contributed by atoms with Gasteiger partial charge in [0.1, 0.15) is 9.92 Å². The second-order valence-corrected chi connectivity index (χ2v) is 9.27. The van der Waals surface area contributed by atoms with Crippen molar-refractivity contribution in [2.45, 2.75) is 17.7 Å². The third-order valence-corrected chi connectivity index (χ3v) is 7.18. The summed E-state index contributed by atoms with van der Waals surface area (Å²) < 4.78 is 26.9. The minimum absolute atomic E-state index is 0.00509. The molecule has 30 heavy (non-hydrogen) atoms. The Kier molecular flexibility index (Phi) is 6.77. The minimum atomic E-state index is -3.74. The van der Waals surface area contributed by atoms with E-state index in [9.17, 15) is 23.3 Å². The van der Waals surface area contributed by atoms with E-state index in [1.54, 1.807) is 0 Å². The maximum atomic E-state index is 12.8. The summed E-state index contributed by atoms with van der Waals surface area (Å²) in [6, 6.07) is 8.36. The Bertz CT molecular complexity index is 1130. The number of nitro benzene ring substituents is 1. The van der Waals surface area contributed by atoms with E-state index in [0.29, 0.717) is 18.7 Å². The van der Waals surface area contributed by atoms with Crippen LogP contribution in [0.15, 0.2) is 47.4 Å². The normalized spacial score (nSPS) is 14.9. The second-order valence-electron chi connectivity index (χ2n) is 6.55. The zero-order chi connectivity index (χ0) is 21.9. The van der Waals surface area contributed by atoms with Crippen LogP contribution in [-0.4, -0.2) is 36.6 Å². The van der Waals surface area contributed by atoms with E-state index in [-0.39, 0.29) is 26.3 Å². The van der Waals surface area contributed by atoms with E-state index in [0.717, 1.165) is 12.8 Å². The number of benzene rings is 2. The Labute approximate surface area is 183 Å². The number of hydrogen-bond acceptors (Lipinski definition) is 5. The van der Waals surface area contributed by atoms with Crippen LogP contribution in [0.3, 0.4) is 0 Å². The largest absolute Gasteiger partial charge is 0.322 e. The predicted octanol–water partition coefficient (Wildman–Crippen LogP) is 4.34. The lowest BCUT2D eigenvalue weighted by Gasteiger charge is -2.17. The van der Waals surface area contributed by atoms with Gasteiger partial charge in [0.05, 0.1) is 9.95 Å². The molecule has 1 heterocycles. The minimum Gasteiger partial charge on any atom is -0.322 e. The number of sulfonamides is 1. The summed E-state index contributed by atoms with van der Waals surface area (Å²) in [6.45, 7) is 0.871. The Balaban J connectivity index is 1.77. The molecule has 0 radical (unpaired) electrons. The first-order chi connectivity index (χ1) is 14.2. The van der Waals surface area contributed by atoms with Gasteiger partial charge < -0.3 is 5.32 Å². The molecule has 1 saturated heterocycles. The first kappa shape index (κ1) is 22.2. The van der Waals surface area contributed by atoms with Gasteiger partial charge in [-0.3, -0.25) is 14.9 Å². The summed E-state index contributed by atoms with van der Waals surface area (Å²) in [5.41, 5.74) is 0.400. The van der Waals surface area contributed by atoms with Crippen LogP contribution >= 0.6 is 23.2 Å². The number of nitrogens with zero attached hydrogens (tertiary/aromatic N) is 2. The van der Waals surface area contributed by atoms with Crippen LogP contribution in [0.25, 0.3) is 6.08 Å². The van der Waals surface area contributed by atoms with Crippen molar-refractivity contribution in [3.8, 4) is 0 Å². The van der Waals surface area contributed by atoms with Crippen molar-refractivity contribution in [1.29, 1.82) is 0 Å².